The highest BCUT2D eigenvalue weighted by atomic mass is 19.1. The Morgan fingerprint density at radius 2 is 1.94 bits per heavy atom. The highest BCUT2D eigenvalue weighted by Crippen LogP contribution is 2.37. The number of fused-ring (bicyclic) bond motifs is 1. The molecular weight excluding hydrogens is 209 g/mol. The normalized spacial score (nSPS) is 11.2. The molecule has 0 fully saturated rings. The van der Waals surface area contributed by atoms with Gasteiger partial charge >= 0.3 is 0 Å². The zero-order chi connectivity index (χ0) is 11.9. The van der Waals surface area contributed by atoms with Gasteiger partial charge in [0.25, 0.3) is 0 Å². The van der Waals surface area contributed by atoms with Crippen LogP contribution in [0.3, 0.4) is 0 Å². The first kappa shape index (κ1) is 10.7. The SMILES string of the molecule is CC(C)c1c(O)nc2cc(F)ccc2c1O. The summed E-state index contributed by atoms with van der Waals surface area (Å²) in [6, 6.07) is 3.89. The lowest BCUT2D eigenvalue weighted by Crippen LogP contribution is -1.94. The van der Waals surface area contributed by atoms with Crippen LogP contribution in [0, 0.1) is 5.82 Å². The standard InChI is InChI=1S/C12H12FNO2/c1-6(2)10-11(15)8-4-3-7(13)5-9(8)14-12(10)16/h3-6H,1-2H3,(H2,14,15,16). The summed E-state index contributed by atoms with van der Waals surface area (Å²) in [5.41, 5.74) is 0.638. The average Bonchev–Trinajstić information content (AvgIpc) is 2.15. The van der Waals surface area contributed by atoms with Crippen LogP contribution in [0.4, 0.5) is 4.39 Å². The van der Waals surface area contributed by atoms with E-state index >= 15 is 0 Å². The molecule has 3 nitrogen and oxygen atoms in total. The molecule has 2 N–H and O–H groups in total. The number of pyridine rings is 1. The van der Waals surface area contributed by atoms with Crippen molar-refractivity contribution in [3.8, 4) is 11.6 Å². The molecule has 2 rings (SSSR count). The Morgan fingerprint density at radius 1 is 1.25 bits per heavy atom. The molecule has 0 atom stereocenters. The summed E-state index contributed by atoms with van der Waals surface area (Å²) in [4.78, 5) is 3.87. The number of halogens is 1. The maximum Gasteiger partial charge on any atom is 0.218 e. The van der Waals surface area contributed by atoms with Gasteiger partial charge in [0.05, 0.1) is 11.1 Å². The molecule has 0 aliphatic rings. The molecule has 2 aromatic rings. The Balaban J connectivity index is 2.83. The average molecular weight is 221 g/mol. The van der Waals surface area contributed by atoms with Gasteiger partial charge in [-0.2, -0.15) is 0 Å². The van der Waals surface area contributed by atoms with E-state index < -0.39 is 5.82 Å². The molecule has 1 heterocycles. The van der Waals surface area contributed by atoms with Crippen molar-refractivity contribution in [1.82, 2.24) is 4.98 Å². The summed E-state index contributed by atoms with van der Waals surface area (Å²) >= 11 is 0. The van der Waals surface area contributed by atoms with Crippen LogP contribution in [0.1, 0.15) is 25.3 Å². The van der Waals surface area contributed by atoms with Gasteiger partial charge in [-0.05, 0) is 18.1 Å². The Kier molecular flexibility index (Phi) is 2.42. The minimum Gasteiger partial charge on any atom is -0.507 e. The topological polar surface area (TPSA) is 53.4 Å². The molecule has 0 saturated carbocycles. The number of nitrogens with zero attached hydrogens (tertiary/aromatic N) is 1. The molecule has 0 aliphatic heterocycles. The first-order valence-electron chi connectivity index (χ1n) is 5.01. The van der Waals surface area contributed by atoms with Crippen LogP contribution < -0.4 is 0 Å². The minimum atomic E-state index is -0.448. The largest absolute Gasteiger partial charge is 0.507 e. The molecule has 0 aliphatic carbocycles. The van der Waals surface area contributed by atoms with Gasteiger partial charge in [0, 0.05) is 11.5 Å². The maximum absolute atomic E-state index is 13.0. The van der Waals surface area contributed by atoms with E-state index in [4.69, 9.17) is 0 Å². The summed E-state index contributed by atoms with van der Waals surface area (Å²) in [5, 5.41) is 20.1. The molecule has 84 valence electrons. The van der Waals surface area contributed by atoms with Crippen LogP contribution in [-0.2, 0) is 0 Å². The molecule has 0 radical (unpaired) electrons. The van der Waals surface area contributed by atoms with Crippen LogP contribution in [0.2, 0.25) is 0 Å². The molecule has 0 unspecified atom stereocenters. The van der Waals surface area contributed by atoms with Crippen molar-refractivity contribution in [1.29, 1.82) is 0 Å². The summed E-state index contributed by atoms with van der Waals surface area (Å²) in [7, 11) is 0. The lowest BCUT2D eigenvalue weighted by molar-refractivity contribution is 0.423. The van der Waals surface area contributed by atoms with Gasteiger partial charge in [-0.25, -0.2) is 9.37 Å². The van der Waals surface area contributed by atoms with E-state index in [2.05, 4.69) is 4.98 Å². The van der Waals surface area contributed by atoms with Gasteiger partial charge < -0.3 is 10.2 Å². The summed E-state index contributed by atoms with van der Waals surface area (Å²) < 4.78 is 13.0. The first-order chi connectivity index (χ1) is 7.50. The fourth-order valence-corrected chi connectivity index (χ4v) is 1.75. The zero-order valence-corrected chi connectivity index (χ0v) is 9.03. The van der Waals surface area contributed by atoms with E-state index in [0.717, 1.165) is 0 Å². The molecule has 0 saturated heterocycles. The third-order valence-corrected chi connectivity index (χ3v) is 2.51. The minimum absolute atomic E-state index is 0.0301. The molecular formula is C12H12FNO2. The van der Waals surface area contributed by atoms with Crippen molar-refractivity contribution in [2.45, 2.75) is 19.8 Å². The lowest BCUT2D eigenvalue weighted by atomic mass is 10.0. The number of aromatic hydroxyl groups is 2. The molecule has 4 heteroatoms. The summed E-state index contributed by atoms with van der Waals surface area (Å²) in [5.74, 6) is -0.777. The van der Waals surface area contributed by atoms with Gasteiger partial charge in [0.1, 0.15) is 11.6 Å². The molecule has 0 spiro atoms. The predicted molar refractivity (Wildman–Crippen MR) is 59.1 cm³/mol. The van der Waals surface area contributed by atoms with Crippen LogP contribution in [0.15, 0.2) is 18.2 Å². The quantitative estimate of drug-likeness (QED) is 0.778. The van der Waals surface area contributed by atoms with Crippen LogP contribution in [0.25, 0.3) is 10.9 Å². The Bertz CT molecular complexity index is 552. The number of hydrogen-bond acceptors (Lipinski definition) is 3. The fourth-order valence-electron chi connectivity index (χ4n) is 1.75. The van der Waals surface area contributed by atoms with Crippen molar-refractivity contribution in [2.75, 3.05) is 0 Å². The smallest absolute Gasteiger partial charge is 0.218 e. The van der Waals surface area contributed by atoms with Gasteiger partial charge in [-0.3, -0.25) is 0 Å². The Morgan fingerprint density at radius 3 is 2.56 bits per heavy atom. The second-order valence-electron chi connectivity index (χ2n) is 4.01. The van der Waals surface area contributed by atoms with E-state index in [1.54, 1.807) is 0 Å². The van der Waals surface area contributed by atoms with Crippen molar-refractivity contribution in [3.05, 3.63) is 29.6 Å². The van der Waals surface area contributed by atoms with Crippen molar-refractivity contribution < 1.29 is 14.6 Å². The zero-order valence-electron chi connectivity index (χ0n) is 9.03. The second-order valence-corrected chi connectivity index (χ2v) is 4.01. The Hall–Kier alpha value is -1.84. The lowest BCUT2D eigenvalue weighted by Gasteiger charge is -2.12. The van der Waals surface area contributed by atoms with Crippen LogP contribution in [0.5, 0.6) is 11.6 Å². The maximum atomic E-state index is 13.0. The fraction of sp³-hybridized carbons (Fsp3) is 0.250. The van der Waals surface area contributed by atoms with Gasteiger partial charge in [-0.1, -0.05) is 13.8 Å². The number of hydrogen-bond donors (Lipinski definition) is 2. The van der Waals surface area contributed by atoms with E-state index in [-0.39, 0.29) is 23.1 Å². The highest BCUT2D eigenvalue weighted by molar-refractivity contribution is 5.87. The number of rotatable bonds is 1. The highest BCUT2D eigenvalue weighted by Gasteiger charge is 2.16. The van der Waals surface area contributed by atoms with Crippen molar-refractivity contribution >= 4 is 10.9 Å². The van der Waals surface area contributed by atoms with Crippen LogP contribution in [-0.4, -0.2) is 15.2 Å². The molecule has 16 heavy (non-hydrogen) atoms. The van der Waals surface area contributed by atoms with Gasteiger partial charge in [0.2, 0.25) is 5.88 Å². The summed E-state index contributed by atoms with van der Waals surface area (Å²) in [6.07, 6.45) is 0. The van der Waals surface area contributed by atoms with E-state index in [9.17, 15) is 14.6 Å². The summed E-state index contributed by atoms with van der Waals surface area (Å²) in [6.45, 7) is 3.68. The molecule has 0 bridgehead atoms. The van der Waals surface area contributed by atoms with Crippen molar-refractivity contribution in [3.63, 3.8) is 0 Å². The van der Waals surface area contributed by atoms with E-state index in [1.807, 2.05) is 13.8 Å². The monoisotopic (exact) mass is 221 g/mol. The second kappa shape index (κ2) is 3.63. The Labute approximate surface area is 92.2 Å². The number of benzene rings is 1. The first-order valence-corrected chi connectivity index (χ1v) is 5.01. The third kappa shape index (κ3) is 1.56. The van der Waals surface area contributed by atoms with E-state index in [1.165, 1.54) is 18.2 Å². The van der Waals surface area contributed by atoms with Gasteiger partial charge in [-0.15, -0.1) is 0 Å². The van der Waals surface area contributed by atoms with Crippen LogP contribution >= 0.6 is 0 Å². The molecule has 0 amide bonds. The number of aromatic nitrogens is 1. The predicted octanol–water partition coefficient (Wildman–Crippen LogP) is 2.91. The van der Waals surface area contributed by atoms with Gasteiger partial charge in [0.15, 0.2) is 0 Å². The van der Waals surface area contributed by atoms with Crippen molar-refractivity contribution in [2.24, 2.45) is 0 Å². The molecule has 1 aromatic carbocycles. The molecule has 1 aromatic heterocycles. The third-order valence-electron chi connectivity index (χ3n) is 2.51. The van der Waals surface area contributed by atoms with E-state index in [0.29, 0.717) is 10.9 Å².